The summed E-state index contributed by atoms with van der Waals surface area (Å²) < 4.78 is 13.6. The molecule has 0 aromatic carbocycles. The minimum absolute atomic E-state index is 0.592. The van der Waals surface area contributed by atoms with Crippen LogP contribution >= 0.6 is 0 Å². The van der Waals surface area contributed by atoms with Crippen molar-refractivity contribution in [2.75, 3.05) is 12.3 Å². The molecule has 0 aliphatic rings. The van der Waals surface area contributed by atoms with E-state index in [0.717, 1.165) is 24.4 Å². The topological polar surface area (TPSA) is 60.9 Å². The van der Waals surface area contributed by atoms with Crippen molar-refractivity contribution < 1.29 is 4.21 Å². The fourth-order valence-electron chi connectivity index (χ4n) is 1.47. The van der Waals surface area contributed by atoms with Crippen LogP contribution in [0.1, 0.15) is 24.7 Å². The van der Waals surface area contributed by atoms with E-state index in [4.69, 9.17) is 5.73 Å². The molecule has 0 spiro atoms. The van der Waals surface area contributed by atoms with E-state index in [9.17, 15) is 4.21 Å². The van der Waals surface area contributed by atoms with E-state index in [1.54, 1.807) is 0 Å². The Hall–Kier alpha value is -0.680. The molecule has 1 unspecified atom stereocenters. The van der Waals surface area contributed by atoms with E-state index in [0.29, 0.717) is 18.1 Å². The van der Waals surface area contributed by atoms with E-state index < -0.39 is 10.8 Å². The zero-order chi connectivity index (χ0) is 11.3. The quantitative estimate of drug-likeness (QED) is 0.785. The van der Waals surface area contributed by atoms with Gasteiger partial charge in [0.05, 0.1) is 17.1 Å². The summed E-state index contributed by atoms with van der Waals surface area (Å²) in [7, 11) is -0.810. The van der Waals surface area contributed by atoms with E-state index in [1.807, 2.05) is 24.6 Å². The van der Waals surface area contributed by atoms with Crippen LogP contribution in [-0.4, -0.2) is 26.3 Å². The third-order valence-corrected chi connectivity index (χ3v) is 3.53. The molecule has 15 heavy (non-hydrogen) atoms. The van der Waals surface area contributed by atoms with Gasteiger partial charge in [-0.05, 0) is 32.9 Å². The second-order valence-corrected chi connectivity index (χ2v) is 5.10. The first-order chi connectivity index (χ1) is 7.17. The summed E-state index contributed by atoms with van der Waals surface area (Å²) in [5.74, 6) is 1.28. The molecule has 0 aliphatic heterocycles. The highest BCUT2D eigenvalue weighted by Crippen LogP contribution is 2.07. The molecule has 0 bridgehead atoms. The second kappa shape index (κ2) is 6.02. The first-order valence-corrected chi connectivity index (χ1v) is 6.74. The van der Waals surface area contributed by atoms with Gasteiger partial charge in [-0.25, -0.2) is 0 Å². The van der Waals surface area contributed by atoms with Gasteiger partial charge in [0.15, 0.2) is 0 Å². The van der Waals surface area contributed by atoms with Gasteiger partial charge < -0.3 is 5.73 Å². The van der Waals surface area contributed by atoms with Crippen LogP contribution in [0.15, 0.2) is 6.07 Å². The van der Waals surface area contributed by atoms with Crippen LogP contribution in [0.2, 0.25) is 0 Å². The molecule has 5 heteroatoms. The number of aryl methyl sites for hydroxylation is 2. The summed E-state index contributed by atoms with van der Waals surface area (Å²) in [4.78, 5) is 0. The van der Waals surface area contributed by atoms with Crippen molar-refractivity contribution in [1.29, 1.82) is 0 Å². The normalized spacial score (nSPS) is 13.0. The highest BCUT2D eigenvalue weighted by molar-refractivity contribution is 7.84. The lowest BCUT2D eigenvalue weighted by Gasteiger charge is -2.04. The van der Waals surface area contributed by atoms with Crippen molar-refractivity contribution >= 4 is 10.8 Å². The number of nitrogens with two attached hydrogens (primary N) is 1. The van der Waals surface area contributed by atoms with Crippen LogP contribution in [0.4, 0.5) is 0 Å². The predicted octanol–water partition coefficient (Wildman–Crippen LogP) is 0.809. The second-order valence-electron chi connectivity index (χ2n) is 3.52. The van der Waals surface area contributed by atoms with Gasteiger partial charge in [0.1, 0.15) is 0 Å². The van der Waals surface area contributed by atoms with Crippen LogP contribution in [-0.2, 0) is 23.1 Å². The molecule has 1 rings (SSSR count). The number of aromatic nitrogens is 2. The molecule has 2 N–H and O–H groups in total. The molecule has 1 aromatic heterocycles. The Morgan fingerprint density at radius 1 is 1.60 bits per heavy atom. The van der Waals surface area contributed by atoms with Crippen LogP contribution in [0, 0.1) is 6.92 Å². The van der Waals surface area contributed by atoms with Gasteiger partial charge in [-0.3, -0.25) is 8.89 Å². The highest BCUT2D eigenvalue weighted by atomic mass is 32.2. The maximum Gasteiger partial charge on any atom is 0.0655 e. The van der Waals surface area contributed by atoms with E-state index in [2.05, 4.69) is 5.10 Å². The fraction of sp³-hybridized carbons (Fsp3) is 0.700. The number of hydrogen-bond acceptors (Lipinski definition) is 3. The molecule has 0 saturated carbocycles. The lowest BCUT2D eigenvalue weighted by molar-refractivity contribution is 0.626. The Bertz CT molecular complexity index is 335. The van der Waals surface area contributed by atoms with Crippen molar-refractivity contribution in [3.8, 4) is 0 Å². The summed E-state index contributed by atoms with van der Waals surface area (Å²) in [6.45, 7) is 5.44. The molecule has 1 aromatic rings. The van der Waals surface area contributed by atoms with Crippen LogP contribution in [0.5, 0.6) is 0 Å². The van der Waals surface area contributed by atoms with Gasteiger partial charge in [0.2, 0.25) is 0 Å². The molecule has 0 radical (unpaired) electrons. The molecular weight excluding hydrogens is 210 g/mol. The number of nitrogens with zero attached hydrogens (tertiary/aromatic N) is 2. The van der Waals surface area contributed by atoms with Gasteiger partial charge in [-0.15, -0.1) is 0 Å². The highest BCUT2D eigenvalue weighted by Gasteiger charge is 2.07. The van der Waals surface area contributed by atoms with Crippen molar-refractivity contribution in [2.24, 2.45) is 5.73 Å². The van der Waals surface area contributed by atoms with Gasteiger partial charge in [-0.1, -0.05) is 0 Å². The van der Waals surface area contributed by atoms with Gasteiger partial charge in [0, 0.05) is 23.1 Å². The Labute approximate surface area is 93.3 Å². The van der Waals surface area contributed by atoms with Crippen molar-refractivity contribution in [3.05, 3.63) is 17.5 Å². The zero-order valence-electron chi connectivity index (χ0n) is 9.40. The summed E-state index contributed by atoms with van der Waals surface area (Å²) in [5.41, 5.74) is 7.43. The number of hydrogen-bond donors (Lipinski definition) is 1. The molecule has 4 nitrogen and oxygen atoms in total. The Morgan fingerprint density at radius 3 is 2.93 bits per heavy atom. The van der Waals surface area contributed by atoms with Gasteiger partial charge in [0.25, 0.3) is 0 Å². The first kappa shape index (κ1) is 12.4. The molecule has 86 valence electrons. The Morgan fingerprint density at radius 2 is 2.33 bits per heavy atom. The molecule has 0 fully saturated rings. The third kappa shape index (κ3) is 3.76. The van der Waals surface area contributed by atoms with Crippen molar-refractivity contribution in [3.63, 3.8) is 0 Å². The van der Waals surface area contributed by atoms with Crippen molar-refractivity contribution in [2.45, 2.75) is 32.6 Å². The summed E-state index contributed by atoms with van der Waals surface area (Å²) in [6, 6.07) is 2.00. The largest absolute Gasteiger partial charge is 0.330 e. The summed E-state index contributed by atoms with van der Waals surface area (Å²) >= 11 is 0. The van der Waals surface area contributed by atoms with Crippen LogP contribution < -0.4 is 5.73 Å². The van der Waals surface area contributed by atoms with Crippen LogP contribution in [0.25, 0.3) is 0 Å². The smallest absolute Gasteiger partial charge is 0.0655 e. The molecule has 1 heterocycles. The van der Waals surface area contributed by atoms with Gasteiger partial charge in [-0.2, -0.15) is 5.10 Å². The zero-order valence-corrected chi connectivity index (χ0v) is 10.2. The predicted molar refractivity (Wildman–Crippen MR) is 63.0 cm³/mol. The van der Waals surface area contributed by atoms with E-state index >= 15 is 0 Å². The SMILES string of the molecule is CCn1nc(C)cc1CS(=O)CCCN. The molecule has 0 aliphatic carbocycles. The minimum atomic E-state index is -0.810. The summed E-state index contributed by atoms with van der Waals surface area (Å²) in [5, 5.41) is 4.32. The molecule has 1 atom stereocenters. The monoisotopic (exact) mass is 229 g/mol. The third-order valence-electron chi connectivity index (χ3n) is 2.17. The molecular formula is C10H19N3OS. The first-order valence-electron chi connectivity index (χ1n) is 5.25. The average molecular weight is 229 g/mol. The molecule has 0 amide bonds. The Balaban J connectivity index is 2.59. The van der Waals surface area contributed by atoms with Gasteiger partial charge >= 0.3 is 0 Å². The molecule has 0 saturated heterocycles. The maximum atomic E-state index is 11.7. The Kier molecular flexibility index (Phi) is 4.98. The average Bonchev–Trinajstić information content (AvgIpc) is 2.55. The lowest BCUT2D eigenvalue weighted by atomic mass is 10.4. The lowest BCUT2D eigenvalue weighted by Crippen LogP contribution is -2.10. The van der Waals surface area contributed by atoms with E-state index in [-0.39, 0.29) is 0 Å². The van der Waals surface area contributed by atoms with Crippen LogP contribution in [0.3, 0.4) is 0 Å². The fourth-order valence-corrected chi connectivity index (χ4v) is 2.67. The summed E-state index contributed by atoms with van der Waals surface area (Å²) in [6.07, 6.45) is 0.825. The standard InChI is InChI=1S/C10H19N3OS/c1-3-13-10(7-9(2)12-13)8-15(14)6-4-5-11/h7H,3-6,8,11H2,1-2H3. The minimum Gasteiger partial charge on any atom is -0.330 e. The number of rotatable bonds is 6. The maximum absolute atomic E-state index is 11.7. The van der Waals surface area contributed by atoms with Crippen molar-refractivity contribution in [1.82, 2.24) is 9.78 Å². The van der Waals surface area contributed by atoms with E-state index in [1.165, 1.54) is 0 Å².